The number of hydrogen-bond acceptors (Lipinski definition) is 3. The lowest BCUT2D eigenvalue weighted by atomic mass is 10.1. The number of hydrogen-bond donors (Lipinski definition) is 1. The van der Waals surface area contributed by atoms with Crippen LogP contribution in [-0.2, 0) is 11.2 Å². The van der Waals surface area contributed by atoms with Crippen LogP contribution in [0.25, 0.3) is 0 Å². The molecule has 1 atom stereocenters. The Morgan fingerprint density at radius 2 is 2.20 bits per heavy atom. The number of nitrogens with two attached hydrogens (primary N) is 1. The Bertz CT molecular complexity index is 434. The summed E-state index contributed by atoms with van der Waals surface area (Å²) in [5.41, 5.74) is 7.16. The molecule has 20 heavy (non-hydrogen) atoms. The van der Waals surface area contributed by atoms with Crippen molar-refractivity contribution in [3.63, 3.8) is 0 Å². The van der Waals surface area contributed by atoms with E-state index in [0.717, 1.165) is 12.1 Å². The maximum Gasteiger partial charge on any atom is 0.146 e. The van der Waals surface area contributed by atoms with Gasteiger partial charge in [-0.15, -0.1) is 0 Å². The molecule has 2 N–H and O–H groups in total. The highest BCUT2D eigenvalue weighted by molar-refractivity contribution is 5.50. The van der Waals surface area contributed by atoms with Gasteiger partial charge in [0.05, 0.1) is 12.3 Å². The number of nitrogens with zero attached hydrogens (tertiary/aromatic N) is 1. The fourth-order valence-corrected chi connectivity index (χ4v) is 2.67. The Hall–Kier alpha value is -1.13. The second kappa shape index (κ2) is 7.04. The largest absolute Gasteiger partial charge is 0.383 e. The van der Waals surface area contributed by atoms with E-state index in [0.29, 0.717) is 37.2 Å². The molecule has 0 radical (unpaired) electrons. The topological polar surface area (TPSA) is 38.5 Å². The third kappa shape index (κ3) is 3.70. The summed E-state index contributed by atoms with van der Waals surface area (Å²) in [4.78, 5) is 2.14. The van der Waals surface area contributed by atoms with E-state index in [1.165, 1.54) is 12.8 Å². The highest BCUT2D eigenvalue weighted by Gasteiger charge is 2.32. The average molecular weight is 280 g/mol. The van der Waals surface area contributed by atoms with E-state index in [4.69, 9.17) is 10.5 Å². The van der Waals surface area contributed by atoms with Crippen molar-refractivity contribution >= 4 is 5.69 Å². The van der Waals surface area contributed by atoms with Gasteiger partial charge < -0.3 is 15.4 Å². The van der Waals surface area contributed by atoms with E-state index in [2.05, 4.69) is 11.8 Å². The summed E-state index contributed by atoms with van der Waals surface area (Å²) in [5.74, 6) is 0.537. The first kappa shape index (κ1) is 15.3. The van der Waals surface area contributed by atoms with Crippen LogP contribution in [0.1, 0.15) is 25.3 Å². The SMILES string of the molecule is COCCN(c1ccc(CCN)cc1F)C(C)C1CC1. The first-order valence-electron chi connectivity index (χ1n) is 7.41. The molecule has 1 aliphatic rings. The summed E-state index contributed by atoms with van der Waals surface area (Å²) in [6.07, 6.45) is 3.21. The van der Waals surface area contributed by atoms with E-state index in [1.54, 1.807) is 13.2 Å². The lowest BCUT2D eigenvalue weighted by Gasteiger charge is -2.32. The van der Waals surface area contributed by atoms with E-state index in [1.807, 2.05) is 12.1 Å². The highest BCUT2D eigenvalue weighted by atomic mass is 19.1. The standard InChI is InChI=1S/C16H25FN2O/c1-12(14-4-5-14)19(9-10-20-2)16-6-3-13(7-8-18)11-15(16)17/h3,6,11-12,14H,4-5,7-10,18H2,1-2H3. The molecule has 1 aromatic carbocycles. The zero-order valence-electron chi connectivity index (χ0n) is 12.4. The van der Waals surface area contributed by atoms with Crippen molar-refractivity contribution in [1.29, 1.82) is 0 Å². The van der Waals surface area contributed by atoms with Gasteiger partial charge in [0, 0.05) is 19.7 Å². The van der Waals surface area contributed by atoms with Crippen LogP contribution in [0.3, 0.4) is 0 Å². The van der Waals surface area contributed by atoms with Crippen molar-refractivity contribution in [2.45, 2.75) is 32.2 Å². The third-order valence-corrected chi connectivity index (χ3v) is 4.09. The van der Waals surface area contributed by atoms with Crippen LogP contribution in [0.2, 0.25) is 0 Å². The molecule has 0 amide bonds. The number of halogens is 1. The minimum absolute atomic E-state index is 0.153. The van der Waals surface area contributed by atoms with E-state index in [9.17, 15) is 4.39 Å². The molecule has 0 heterocycles. The van der Waals surface area contributed by atoms with E-state index < -0.39 is 0 Å². The maximum atomic E-state index is 14.4. The number of anilines is 1. The first-order valence-corrected chi connectivity index (χ1v) is 7.41. The van der Waals surface area contributed by atoms with Crippen LogP contribution in [0, 0.1) is 11.7 Å². The molecule has 1 unspecified atom stereocenters. The molecule has 1 saturated carbocycles. The summed E-state index contributed by atoms with van der Waals surface area (Å²) in [7, 11) is 1.68. The summed E-state index contributed by atoms with van der Waals surface area (Å²) >= 11 is 0. The van der Waals surface area contributed by atoms with Gasteiger partial charge in [0.25, 0.3) is 0 Å². The smallest absolute Gasteiger partial charge is 0.146 e. The molecule has 1 aliphatic carbocycles. The van der Waals surface area contributed by atoms with Gasteiger partial charge in [-0.1, -0.05) is 6.07 Å². The Morgan fingerprint density at radius 3 is 2.75 bits per heavy atom. The van der Waals surface area contributed by atoms with Crippen molar-refractivity contribution < 1.29 is 9.13 Å². The van der Waals surface area contributed by atoms with Crippen LogP contribution in [0.5, 0.6) is 0 Å². The minimum atomic E-state index is -0.153. The monoisotopic (exact) mass is 280 g/mol. The maximum absolute atomic E-state index is 14.4. The van der Waals surface area contributed by atoms with Crippen molar-refractivity contribution in [1.82, 2.24) is 0 Å². The molecule has 1 aromatic rings. The van der Waals surface area contributed by atoms with Crippen molar-refractivity contribution in [2.24, 2.45) is 11.7 Å². The molecule has 2 rings (SSSR count). The number of ether oxygens (including phenoxy) is 1. The second-order valence-corrected chi connectivity index (χ2v) is 5.59. The molecule has 0 bridgehead atoms. The quantitative estimate of drug-likeness (QED) is 0.795. The summed E-state index contributed by atoms with van der Waals surface area (Å²) < 4.78 is 19.5. The highest BCUT2D eigenvalue weighted by Crippen LogP contribution is 2.37. The van der Waals surface area contributed by atoms with Gasteiger partial charge in [0.15, 0.2) is 0 Å². The molecule has 1 fully saturated rings. The van der Waals surface area contributed by atoms with Crippen LogP contribution < -0.4 is 10.6 Å². The lowest BCUT2D eigenvalue weighted by Crippen LogP contribution is -2.37. The van der Waals surface area contributed by atoms with Crippen molar-refractivity contribution in [3.05, 3.63) is 29.6 Å². The van der Waals surface area contributed by atoms with Crippen LogP contribution >= 0.6 is 0 Å². The van der Waals surface area contributed by atoms with Gasteiger partial charge in [0.1, 0.15) is 5.82 Å². The first-order chi connectivity index (χ1) is 9.67. The van der Waals surface area contributed by atoms with Gasteiger partial charge in [-0.3, -0.25) is 0 Å². The van der Waals surface area contributed by atoms with Gasteiger partial charge in [-0.25, -0.2) is 4.39 Å². The molecule has 112 valence electrons. The van der Waals surface area contributed by atoms with Crippen molar-refractivity contribution in [3.8, 4) is 0 Å². The Morgan fingerprint density at radius 1 is 1.45 bits per heavy atom. The van der Waals surface area contributed by atoms with Crippen LogP contribution in [0.4, 0.5) is 10.1 Å². The number of benzene rings is 1. The van der Waals surface area contributed by atoms with Crippen LogP contribution in [0.15, 0.2) is 18.2 Å². The molecule has 0 aliphatic heterocycles. The molecule has 0 aromatic heterocycles. The normalized spacial score (nSPS) is 16.2. The summed E-state index contributed by atoms with van der Waals surface area (Å²) in [6, 6.07) is 5.83. The van der Waals surface area contributed by atoms with E-state index in [-0.39, 0.29) is 5.82 Å². The Kier molecular flexibility index (Phi) is 5.38. The van der Waals surface area contributed by atoms with Crippen molar-refractivity contribution in [2.75, 3.05) is 31.7 Å². The average Bonchev–Trinajstić information content (AvgIpc) is 3.25. The fraction of sp³-hybridized carbons (Fsp3) is 0.625. The van der Waals surface area contributed by atoms with Gasteiger partial charge in [0.2, 0.25) is 0 Å². The summed E-state index contributed by atoms with van der Waals surface area (Å²) in [6.45, 7) is 4.06. The third-order valence-electron chi connectivity index (χ3n) is 4.09. The lowest BCUT2D eigenvalue weighted by molar-refractivity contribution is 0.202. The van der Waals surface area contributed by atoms with Crippen LogP contribution in [-0.4, -0.2) is 32.8 Å². The predicted octanol–water partition coefficient (Wildman–Crippen LogP) is 2.58. The number of rotatable bonds is 8. The Labute approximate surface area is 120 Å². The minimum Gasteiger partial charge on any atom is -0.383 e. The molecule has 4 heteroatoms. The predicted molar refractivity (Wildman–Crippen MR) is 80.6 cm³/mol. The Balaban J connectivity index is 2.18. The zero-order chi connectivity index (χ0) is 14.5. The molecular weight excluding hydrogens is 255 g/mol. The zero-order valence-corrected chi connectivity index (χ0v) is 12.4. The van der Waals surface area contributed by atoms with Gasteiger partial charge >= 0.3 is 0 Å². The number of methoxy groups -OCH3 is 1. The van der Waals surface area contributed by atoms with E-state index >= 15 is 0 Å². The van der Waals surface area contributed by atoms with Gasteiger partial charge in [-0.2, -0.15) is 0 Å². The second-order valence-electron chi connectivity index (χ2n) is 5.59. The summed E-state index contributed by atoms with van der Waals surface area (Å²) in [5, 5.41) is 0. The van der Waals surface area contributed by atoms with Gasteiger partial charge in [-0.05, 0) is 56.3 Å². The molecule has 0 spiro atoms. The molecule has 3 nitrogen and oxygen atoms in total. The molecular formula is C16H25FN2O. The fourth-order valence-electron chi connectivity index (χ4n) is 2.67. The molecule has 0 saturated heterocycles.